The number of benzene rings is 1. The van der Waals surface area contributed by atoms with E-state index in [9.17, 15) is 4.79 Å². The lowest BCUT2D eigenvalue weighted by molar-refractivity contribution is 0.112. The van der Waals surface area contributed by atoms with Crippen LogP contribution in [0.2, 0.25) is 0 Å². The summed E-state index contributed by atoms with van der Waals surface area (Å²) < 4.78 is 15.6. The predicted molar refractivity (Wildman–Crippen MR) is 67.0 cm³/mol. The Kier molecular flexibility index (Phi) is 3.92. The molecule has 0 aliphatic rings. The van der Waals surface area contributed by atoms with Crippen molar-refractivity contribution in [3.63, 3.8) is 0 Å². The average molecular weight is 260 g/mol. The van der Waals surface area contributed by atoms with E-state index in [1.54, 1.807) is 24.3 Å². The van der Waals surface area contributed by atoms with Crippen molar-refractivity contribution < 1.29 is 19.0 Å². The van der Waals surface area contributed by atoms with Gasteiger partial charge in [-0.05, 0) is 18.2 Å². The maximum Gasteiger partial charge on any atom is 0.325 e. The molecule has 0 aliphatic heterocycles. The molecule has 0 atom stereocenters. The second kappa shape index (κ2) is 5.81. The summed E-state index contributed by atoms with van der Waals surface area (Å²) in [5.74, 6) is 1.24. The fourth-order valence-corrected chi connectivity index (χ4v) is 1.43. The normalized spacial score (nSPS) is 9.79. The van der Waals surface area contributed by atoms with Gasteiger partial charge in [0.1, 0.15) is 6.29 Å². The molecule has 0 N–H and O–H groups in total. The number of hydrogen-bond acceptors (Lipinski definition) is 6. The first-order valence-corrected chi connectivity index (χ1v) is 5.45. The SMILES string of the molecule is COc1ccnc(Oc2ccc(C=O)cc2OC)n1. The maximum atomic E-state index is 10.7. The number of carbonyl (C=O) groups excluding carboxylic acids is 1. The summed E-state index contributed by atoms with van der Waals surface area (Å²) >= 11 is 0. The highest BCUT2D eigenvalue weighted by molar-refractivity contribution is 5.76. The van der Waals surface area contributed by atoms with Crippen molar-refractivity contribution in [3.8, 4) is 23.4 Å². The molecule has 1 aromatic carbocycles. The first-order valence-electron chi connectivity index (χ1n) is 5.45. The number of hydrogen-bond donors (Lipinski definition) is 0. The zero-order valence-corrected chi connectivity index (χ0v) is 10.5. The minimum atomic E-state index is 0.136. The van der Waals surface area contributed by atoms with Crippen molar-refractivity contribution in [2.24, 2.45) is 0 Å². The summed E-state index contributed by atoms with van der Waals surface area (Å²) in [6.45, 7) is 0. The van der Waals surface area contributed by atoms with Crippen LogP contribution in [0.1, 0.15) is 10.4 Å². The molecule has 1 heterocycles. The standard InChI is InChI=1S/C13H12N2O4/c1-17-11-7-9(8-16)3-4-10(11)19-13-14-6-5-12(15-13)18-2/h3-8H,1-2H3. The van der Waals surface area contributed by atoms with Crippen LogP contribution in [0.15, 0.2) is 30.5 Å². The molecule has 6 heteroatoms. The second-order valence-electron chi connectivity index (χ2n) is 3.51. The van der Waals surface area contributed by atoms with Crippen LogP contribution in [-0.2, 0) is 0 Å². The molecule has 0 unspecified atom stereocenters. The minimum absolute atomic E-state index is 0.136. The van der Waals surface area contributed by atoms with Crippen LogP contribution in [0.25, 0.3) is 0 Å². The first-order chi connectivity index (χ1) is 9.26. The average Bonchev–Trinajstić information content (AvgIpc) is 2.48. The molecular weight excluding hydrogens is 248 g/mol. The summed E-state index contributed by atoms with van der Waals surface area (Å²) in [5.41, 5.74) is 0.496. The third-order valence-corrected chi connectivity index (χ3v) is 2.34. The number of carbonyl (C=O) groups is 1. The molecule has 0 radical (unpaired) electrons. The van der Waals surface area contributed by atoms with Crippen LogP contribution in [0.5, 0.6) is 23.4 Å². The minimum Gasteiger partial charge on any atom is -0.493 e. The van der Waals surface area contributed by atoms with Crippen molar-refractivity contribution >= 4 is 6.29 Å². The van der Waals surface area contributed by atoms with Crippen LogP contribution < -0.4 is 14.2 Å². The van der Waals surface area contributed by atoms with Gasteiger partial charge in [-0.15, -0.1) is 0 Å². The van der Waals surface area contributed by atoms with Gasteiger partial charge < -0.3 is 14.2 Å². The van der Waals surface area contributed by atoms with Crippen molar-refractivity contribution in [2.45, 2.75) is 0 Å². The molecule has 0 aliphatic carbocycles. The third-order valence-electron chi connectivity index (χ3n) is 2.34. The molecule has 6 nitrogen and oxygen atoms in total. The summed E-state index contributed by atoms with van der Waals surface area (Å²) in [5, 5.41) is 0. The lowest BCUT2D eigenvalue weighted by atomic mass is 10.2. The summed E-state index contributed by atoms with van der Waals surface area (Å²) in [4.78, 5) is 18.7. The quantitative estimate of drug-likeness (QED) is 0.767. The van der Waals surface area contributed by atoms with Gasteiger partial charge in [-0.3, -0.25) is 4.79 Å². The highest BCUT2D eigenvalue weighted by atomic mass is 16.5. The van der Waals surface area contributed by atoms with Gasteiger partial charge in [-0.2, -0.15) is 4.98 Å². The van der Waals surface area contributed by atoms with Gasteiger partial charge in [-0.1, -0.05) is 0 Å². The van der Waals surface area contributed by atoms with E-state index in [1.807, 2.05) is 0 Å². The largest absolute Gasteiger partial charge is 0.493 e. The van der Waals surface area contributed by atoms with E-state index >= 15 is 0 Å². The molecule has 19 heavy (non-hydrogen) atoms. The topological polar surface area (TPSA) is 70.5 Å². The molecule has 0 fully saturated rings. The lowest BCUT2D eigenvalue weighted by Crippen LogP contribution is -1.96. The molecule has 0 spiro atoms. The number of nitrogens with zero attached hydrogens (tertiary/aromatic N) is 2. The van der Waals surface area contributed by atoms with Crippen molar-refractivity contribution in [1.29, 1.82) is 0 Å². The van der Waals surface area contributed by atoms with E-state index < -0.39 is 0 Å². The number of rotatable bonds is 5. The zero-order chi connectivity index (χ0) is 13.7. The van der Waals surface area contributed by atoms with Gasteiger partial charge in [0.15, 0.2) is 11.5 Å². The smallest absolute Gasteiger partial charge is 0.325 e. The van der Waals surface area contributed by atoms with Gasteiger partial charge in [0.05, 0.1) is 14.2 Å². The molecule has 0 saturated carbocycles. The monoisotopic (exact) mass is 260 g/mol. The Balaban J connectivity index is 2.29. The Hall–Kier alpha value is -2.63. The zero-order valence-electron chi connectivity index (χ0n) is 10.5. The highest BCUT2D eigenvalue weighted by Crippen LogP contribution is 2.30. The molecule has 2 rings (SSSR count). The van der Waals surface area contributed by atoms with Crippen molar-refractivity contribution in [1.82, 2.24) is 9.97 Å². The second-order valence-corrected chi connectivity index (χ2v) is 3.51. The van der Waals surface area contributed by atoms with E-state index in [0.29, 0.717) is 22.9 Å². The Labute approximate surface area is 110 Å². The Morgan fingerprint density at radius 2 is 1.95 bits per heavy atom. The summed E-state index contributed by atoms with van der Waals surface area (Å²) in [6.07, 6.45) is 2.25. The fourth-order valence-electron chi connectivity index (χ4n) is 1.43. The van der Waals surface area contributed by atoms with E-state index in [-0.39, 0.29) is 6.01 Å². The van der Waals surface area contributed by atoms with E-state index in [4.69, 9.17) is 14.2 Å². The lowest BCUT2D eigenvalue weighted by Gasteiger charge is -2.09. The fraction of sp³-hybridized carbons (Fsp3) is 0.154. The predicted octanol–water partition coefficient (Wildman–Crippen LogP) is 2.10. The summed E-state index contributed by atoms with van der Waals surface area (Å²) in [7, 11) is 2.99. The maximum absolute atomic E-state index is 10.7. The van der Waals surface area contributed by atoms with E-state index in [0.717, 1.165) is 6.29 Å². The molecule has 0 amide bonds. The van der Waals surface area contributed by atoms with Gasteiger partial charge >= 0.3 is 6.01 Å². The van der Waals surface area contributed by atoms with Crippen LogP contribution in [0, 0.1) is 0 Å². The number of aldehydes is 1. The molecule has 1 aromatic heterocycles. The third kappa shape index (κ3) is 2.98. The Bertz CT molecular complexity index is 587. The molecule has 0 saturated heterocycles. The van der Waals surface area contributed by atoms with Crippen LogP contribution in [0.3, 0.4) is 0 Å². The number of ether oxygens (including phenoxy) is 3. The van der Waals surface area contributed by atoms with Crippen molar-refractivity contribution in [2.75, 3.05) is 14.2 Å². The van der Waals surface area contributed by atoms with Gasteiger partial charge in [0, 0.05) is 17.8 Å². The number of aromatic nitrogens is 2. The first kappa shape index (κ1) is 12.8. The Morgan fingerprint density at radius 3 is 2.63 bits per heavy atom. The summed E-state index contributed by atoms with van der Waals surface area (Å²) in [6, 6.07) is 6.55. The van der Waals surface area contributed by atoms with Gasteiger partial charge in [-0.25, -0.2) is 4.98 Å². The van der Waals surface area contributed by atoms with Gasteiger partial charge in [0.25, 0.3) is 0 Å². The highest BCUT2D eigenvalue weighted by Gasteiger charge is 2.09. The van der Waals surface area contributed by atoms with Crippen LogP contribution in [0.4, 0.5) is 0 Å². The molecular formula is C13H12N2O4. The van der Waals surface area contributed by atoms with Crippen LogP contribution >= 0.6 is 0 Å². The molecule has 2 aromatic rings. The van der Waals surface area contributed by atoms with Gasteiger partial charge in [0.2, 0.25) is 5.88 Å². The Morgan fingerprint density at radius 1 is 1.11 bits per heavy atom. The van der Waals surface area contributed by atoms with Crippen LogP contribution in [-0.4, -0.2) is 30.5 Å². The van der Waals surface area contributed by atoms with E-state index in [1.165, 1.54) is 20.4 Å². The van der Waals surface area contributed by atoms with E-state index in [2.05, 4.69) is 9.97 Å². The molecule has 98 valence electrons. The number of methoxy groups -OCH3 is 2. The van der Waals surface area contributed by atoms with Crippen molar-refractivity contribution in [3.05, 3.63) is 36.0 Å². The molecule has 0 bridgehead atoms.